The van der Waals surface area contributed by atoms with E-state index in [1.165, 1.54) is 11.1 Å². The molecule has 2 aromatic rings. The van der Waals surface area contributed by atoms with Gasteiger partial charge >= 0.3 is 0 Å². The second kappa shape index (κ2) is 7.59. The molecule has 0 aliphatic carbocycles. The first-order valence-corrected chi connectivity index (χ1v) is 10.8. The summed E-state index contributed by atoms with van der Waals surface area (Å²) in [7, 11) is 0. The molecule has 2 aromatic carbocycles. The maximum absolute atomic E-state index is 10.8. The molecule has 0 saturated carbocycles. The number of hydrogen-bond donors (Lipinski definition) is 1. The van der Waals surface area contributed by atoms with E-state index < -0.39 is 11.4 Å². The summed E-state index contributed by atoms with van der Waals surface area (Å²) in [5.74, 6) is -0.646. The normalized spacial score (nSPS) is 36.6. The summed E-state index contributed by atoms with van der Waals surface area (Å²) in [6, 6.07) is 21.2. The number of thioether (sulfide) groups is 1. The second-order valence-electron chi connectivity index (χ2n) is 7.76. The van der Waals surface area contributed by atoms with Gasteiger partial charge in [-0.15, -0.1) is 11.8 Å². The van der Waals surface area contributed by atoms with Crippen LogP contribution in [0.1, 0.15) is 54.7 Å². The van der Waals surface area contributed by atoms with Crippen molar-refractivity contribution in [2.75, 3.05) is 6.61 Å². The Bertz CT molecular complexity index is 703. The van der Waals surface area contributed by atoms with Crippen LogP contribution < -0.4 is 0 Å². The van der Waals surface area contributed by atoms with E-state index in [1.54, 1.807) is 0 Å². The van der Waals surface area contributed by atoms with E-state index in [9.17, 15) is 5.11 Å². The highest BCUT2D eigenvalue weighted by atomic mass is 32.2. The fourth-order valence-corrected chi connectivity index (χ4v) is 5.84. The minimum atomic E-state index is -0.902. The van der Waals surface area contributed by atoms with Gasteiger partial charge in [-0.2, -0.15) is 0 Å². The molecule has 2 fully saturated rings. The van der Waals surface area contributed by atoms with Crippen molar-refractivity contribution in [3.8, 4) is 0 Å². The van der Waals surface area contributed by atoms with Crippen LogP contribution in [0.5, 0.6) is 0 Å². The van der Waals surface area contributed by atoms with E-state index in [2.05, 4.69) is 60.7 Å². The summed E-state index contributed by atoms with van der Waals surface area (Å²) in [6.07, 6.45) is 1.99. The number of rotatable bonds is 3. The van der Waals surface area contributed by atoms with Crippen molar-refractivity contribution in [2.45, 2.75) is 61.1 Å². The Morgan fingerprint density at radius 2 is 1.48 bits per heavy atom. The van der Waals surface area contributed by atoms with Gasteiger partial charge in [0.05, 0.1) is 12.7 Å². The zero-order valence-electron chi connectivity index (χ0n) is 16.0. The molecule has 0 amide bonds. The van der Waals surface area contributed by atoms with Gasteiger partial charge in [0, 0.05) is 23.3 Å². The van der Waals surface area contributed by atoms with Crippen molar-refractivity contribution in [3.05, 3.63) is 71.8 Å². The maximum atomic E-state index is 10.8. The van der Waals surface area contributed by atoms with E-state index in [0.717, 1.165) is 12.8 Å². The molecule has 0 aromatic heterocycles. The van der Waals surface area contributed by atoms with Crippen LogP contribution >= 0.6 is 11.8 Å². The molecule has 4 unspecified atom stereocenters. The number of benzene rings is 2. The Morgan fingerprint density at radius 1 is 0.963 bits per heavy atom. The minimum absolute atomic E-state index is 0.243. The Labute approximate surface area is 166 Å². The molecule has 0 radical (unpaired) electrons. The van der Waals surface area contributed by atoms with Crippen LogP contribution in [0.4, 0.5) is 0 Å². The van der Waals surface area contributed by atoms with E-state index in [1.807, 2.05) is 25.6 Å². The summed E-state index contributed by atoms with van der Waals surface area (Å²) in [6.45, 7) is 4.29. The Hall–Kier alpha value is -1.33. The van der Waals surface area contributed by atoms with Crippen LogP contribution in [-0.2, 0) is 9.47 Å². The van der Waals surface area contributed by atoms with Crippen molar-refractivity contribution in [2.24, 2.45) is 0 Å². The molecular weight excluding hydrogens is 356 g/mol. The molecule has 1 N–H and O–H groups in total. The minimum Gasteiger partial charge on any atom is -0.385 e. The van der Waals surface area contributed by atoms with Gasteiger partial charge in [-0.25, -0.2) is 0 Å². The third kappa shape index (κ3) is 3.81. The Morgan fingerprint density at radius 3 is 1.93 bits per heavy atom. The highest BCUT2D eigenvalue weighted by Crippen LogP contribution is 2.56. The molecule has 2 aliphatic rings. The number of aliphatic hydroxyl groups is 1. The lowest BCUT2D eigenvalue weighted by Gasteiger charge is -2.52. The maximum Gasteiger partial charge on any atom is 0.171 e. The molecule has 2 aliphatic heterocycles. The molecule has 2 heterocycles. The van der Waals surface area contributed by atoms with E-state index in [0.29, 0.717) is 23.5 Å². The van der Waals surface area contributed by atoms with Gasteiger partial charge in [0.1, 0.15) is 5.60 Å². The number of ether oxygens (including phenoxy) is 2. The van der Waals surface area contributed by atoms with Crippen molar-refractivity contribution in [1.82, 2.24) is 0 Å². The summed E-state index contributed by atoms with van der Waals surface area (Å²) in [5, 5.41) is 11.4. The summed E-state index contributed by atoms with van der Waals surface area (Å²) in [5.41, 5.74) is 1.71. The predicted octanol–water partition coefficient (Wildman–Crippen LogP) is 5.27. The van der Waals surface area contributed by atoms with Crippen molar-refractivity contribution < 1.29 is 14.6 Å². The lowest BCUT2D eigenvalue weighted by molar-refractivity contribution is -0.350. The molecule has 144 valence electrons. The fraction of sp³-hybridized carbons (Fsp3) is 0.478. The van der Waals surface area contributed by atoms with E-state index in [-0.39, 0.29) is 6.10 Å². The van der Waals surface area contributed by atoms with Crippen LogP contribution in [0.3, 0.4) is 0 Å². The van der Waals surface area contributed by atoms with Gasteiger partial charge in [0.2, 0.25) is 0 Å². The zero-order chi connectivity index (χ0) is 18.9. The average Bonchev–Trinajstić information content (AvgIpc) is 2.72. The lowest BCUT2D eigenvalue weighted by Crippen LogP contribution is -2.59. The van der Waals surface area contributed by atoms with Gasteiger partial charge in [-0.05, 0) is 24.5 Å². The predicted molar refractivity (Wildman–Crippen MR) is 110 cm³/mol. The molecule has 4 atom stereocenters. The SMILES string of the molecule is CCC1(O)COC2(CC(c3ccccc3)SC(c3ccccc3)C2)OC1C. The third-order valence-corrected chi connectivity index (χ3v) is 7.54. The van der Waals surface area contributed by atoms with Gasteiger partial charge in [-0.3, -0.25) is 0 Å². The molecule has 4 heteroatoms. The van der Waals surface area contributed by atoms with Crippen molar-refractivity contribution in [3.63, 3.8) is 0 Å². The van der Waals surface area contributed by atoms with Gasteiger partial charge < -0.3 is 14.6 Å². The smallest absolute Gasteiger partial charge is 0.171 e. The Kier molecular flexibility index (Phi) is 5.34. The van der Waals surface area contributed by atoms with Crippen LogP contribution in [-0.4, -0.2) is 29.2 Å². The highest BCUT2D eigenvalue weighted by molar-refractivity contribution is 7.99. The van der Waals surface area contributed by atoms with Crippen molar-refractivity contribution >= 4 is 11.8 Å². The first kappa shape index (κ1) is 19.0. The standard InChI is InChI=1S/C23H28O3S/c1-3-22(24)16-25-23(26-17(22)2)14-20(18-10-6-4-7-11-18)27-21(15-23)19-12-8-5-9-13-19/h4-13,17,20-21,24H,3,14-16H2,1-2H3. The highest BCUT2D eigenvalue weighted by Gasteiger charge is 2.52. The molecule has 4 rings (SSSR count). The molecule has 27 heavy (non-hydrogen) atoms. The summed E-state index contributed by atoms with van der Waals surface area (Å²) < 4.78 is 12.7. The van der Waals surface area contributed by atoms with Gasteiger partial charge in [-0.1, -0.05) is 67.6 Å². The van der Waals surface area contributed by atoms with Crippen LogP contribution in [0.25, 0.3) is 0 Å². The lowest BCUT2D eigenvalue weighted by atomic mass is 9.90. The van der Waals surface area contributed by atoms with Crippen LogP contribution in [0.15, 0.2) is 60.7 Å². The van der Waals surface area contributed by atoms with Crippen LogP contribution in [0.2, 0.25) is 0 Å². The fourth-order valence-electron chi connectivity index (χ4n) is 4.11. The first-order valence-electron chi connectivity index (χ1n) is 9.83. The van der Waals surface area contributed by atoms with Gasteiger partial charge in [0.25, 0.3) is 0 Å². The quantitative estimate of drug-likeness (QED) is 0.782. The summed E-state index contributed by atoms with van der Waals surface area (Å²) in [4.78, 5) is 0. The largest absolute Gasteiger partial charge is 0.385 e. The topological polar surface area (TPSA) is 38.7 Å². The molecule has 0 bridgehead atoms. The molecule has 2 saturated heterocycles. The van der Waals surface area contributed by atoms with E-state index >= 15 is 0 Å². The first-order chi connectivity index (χ1) is 13.0. The second-order valence-corrected chi connectivity index (χ2v) is 9.17. The summed E-state index contributed by atoms with van der Waals surface area (Å²) >= 11 is 1.99. The third-order valence-electron chi connectivity index (χ3n) is 6.01. The molecule has 3 nitrogen and oxygen atoms in total. The molecule has 1 spiro atoms. The average molecular weight is 385 g/mol. The van der Waals surface area contributed by atoms with Crippen LogP contribution in [0, 0.1) is 0 Å². The Balaban J connectivity index is 1.65. The monoisotopic (exact) mass is 384 g/mol. The number of hydrogen-bond acceptors (Lipinski definition) is 4. The van der Waals surface area contributed by atoms with Gasteiger partial charge in [0.15, 0.2) is 5.79 Å². The van der Waals surface area contributed by atoms with E-state index in [4.69, 9.17) is 9.47 Å². The molecular formula is C23H28O3S. The zero-order valence-corrected chi connectivity index (χ0v) is 16.8. The van der Waals surface area contributed by atoms with Crippen molar-refractivity contribution in [1.29, 1.82) is 0 Å².